The summed E-state index contributed by atoms with van der Waals surface area (Å²) in [6.07, 6.45) is 8.95. The number of amides is 1. The van der Waals surface area contributed by atoms with Gasteiger partial charge in [0.2, 0.25) is 5.91 Å². The van der Waals surface area contributed by atoms with Crippen molar-refractivity contribution in [2.75, 3.05) is 11.6 Å². The Kier molecular flexibility index (Phi) is 7.32. The predicted molar refractivity (Wildman–Crippen MR) is 75.7 cm³/mol. The molecule has 100 valence electrons. The van der Waals surface area contributed by atoms with Gasteiger partial charge >= 0.3 is 0 Å². The van der Waals surface area contributed by atoms with Gasteiger partial charge in [-0.3, -0.25) is 10.1 Å². The summed E-state index contributed by atoms with van der Waals surface area (Å²) in [5.41, 5.74) is 0. The van der Waals surface area contributed by atoms with Gasteiger partial charge in [0.15, 0.2) is 0 Å². The fourth-order valence-corrected chi connectivity index (χ4v) is 3.41. The predicted octanol–water partition coefficient (Wildman–Crippen LogP) is 2.30. The number of thioether (sulfide) groups is 1. The number of rotatable bonds is 2. The largest absolute Gasteiger partial charge is 0.352 e. The van der Waals surface area contributed by atoms with Crippen molar-refractivity contribution in [3.8, 4) is 0 Å². The van der Waals surface area contributed by atoms with Gasteiger partial charge in [-0.1, -0.05) is 32.1 Å². The molecule has 1 aliphatic carbocycles. The number of hydrogen-bond acceptors (Lipinski definition) is 3. The van der Waals surface area contributed by atoms with Crippen LogP contribution in [0.1, 0.15) is 44.9 Å². The Morgan fingerprint density at radius 2 is 1.76 bits per heavy atom. The molecular formula is C12H23ClN2OS. The molecule has 17 heavy (non-hydrogen) atoms. The van der Waals surface area contributed by atoms with Crippen LogP contribution in [0, 0.1) is 0 Å². The summed E-state index contributed by atoms with van der Waals surface area (Å²) >= 11 is 1.81. The minimum Gasteiger partial charge on any atom is -0.352 e. The summed E-state index contributed by atoms with van der Waals surface area (Å²) in [4.78, 5) is 11.9. The molecule has 1 heterocycles. The van der Waals surface area contributed by atoms with Crippen LogP contribution in [0.3, 0.4) is 0 Å². The molecule has 5 heteroatoms. The number of nitrogens with one attached hydrogen (secondary N) is 2. The lowest BCUT2D eigenvalue weighted by atomic mass is 9.96. The van der Waals surface area contributed by atoms with E-state index >= 15 is 0 Å². The average molecular weight is 279 g/mol. The van der Waals surface area contributed by atoms with Crippen LogP contribution in [0.4, 0.5) is 0 Å². The SMILES string of the molecule is Cl.O=C(NC1CCCCCCC1)C1CSCN1. The van der Waals surface area contributed by atoms with Gasteiger partial charge in [-0.2, -0.15) is 0 Å². The lowest BCUT2D eigenvalue weighted by Gasteiger charge is -2.22. The fraction of sp³-hybridized carbons (Fsp3) is 0.917. The minimum absolute atomic E-state index is 0. The van der Waals surface area contributed by atoms with E-state index in [0.717, 1.165) is 11.6 Å². The molecule has 3 nitrogen and oxygen atoms in total. The zero-order valence-corrected chi connectivity index (χ0v) is 11.9. The molecule has 0 aromatic carbocycles. The van der Waals surface area contributed by atoms with Crippen LogP contribution in [-0.2, 0) is 4.79 Å². The standard InChI is InChI=1S/C12H22N2OS.ClH/c15-12(11-8-16-9-13-11)14-10-6-4-2-1-3-5-7-10;/h10-11,13H,1-9H2,(H,14,15);1H. The van der Waals surface area contributed by atoms with Gasteiger partial charge in [0.1, 0.15) is 0 Å². The third-order valence-corrected chi connectivity index (χ3v) is 4.42. The normalized spacial score (nSPS) is 26.7. The zero-order chi connectivity index (χ0) is 11.2. The van der Waals surface area contributed by atoms with Crippen molar-refractivity contribution in [1.29, 1.82) is 0 Å². The van der Waals surface area contributed by atoms with Crippen LogP contribution in [0.25, 0.3) is 0 Å². The van der Waals surface area contributed by atoms with Crippen molar-refractivity contribution in [3.63, 3.8) is 0 Å². The molecule has 0 radical (unpaired) electrons. The highest BCUT2D eigenvalue weighted by Crippen LogP contribution is 2.17. The first-order valence-corrected chi connectivity index (χ1v) is 7.63. The summed E-state index contributed by atoms with van der Waals surface area (Å²) in [5.74, 6) is 2.07. The fourth-order valence-electron chi connectivity index (χ4n) is 2.47. The molecule has 2 N–H and O–H groups in total. The highest BCUT2D eigenvalue weighted by Gasteiger charge is 2.24. The van der Waals surface area contributed by atoms with Gasteiger partial charge in [0.05, 0.1) is 6.04 Å². The summed E-state index contributed by atoms with van der Waals surface area (Å²) in [5, 5.41) is 6.44. The van der Waals surface area contributed by atoms with Crippen molar-refractivity contribution in [2.45, 2.75) is 57.0 Å². The van der Waals surface area contributed by atoms with Crippen molar-refractivity contribution >= 4 is 30.1 Å². The minimum atomic E-state index is 0. The van der Waals surface area contributed by atoms with Crippen LogP contribution >= 0.6 is 24.2 Å². The second-order valence-corrected chi connectivity index (χ2v) is 5.85. The maximum atomic E-state index is 11.9. The van der Waals surface area contributed by atoms with E-state index < -0.39 is 0 Å². The summed E-state index contributed by atoms with van der Waals surface area (Å²) < 4.78 is 0. The van der Waals surface area contributed by atoms with E-state index in [1.807, 2.05) is 11.8 Å². The van der Waals surface area contributed by atoms with Gasteiger partial charge in [-0.05, 0) is 12.8 Å². The van der Waals surface area contributed by atoms with Gasteiger partial charge in [0.25, 0.3) is 0 Å². The van der Waals surface area contributed by atoms with Crippen molar-refractivity contribution in [3.05, 3.63) is 0 Å². The number of halogens is 1. The van der Waals surface area contributed by atoms with Gasteiger partial charge in [-0.25, -0.2) is 0 Å². The highest BCUT2D eigenvalue weighted by atomic mass is 35.5. The molecule has 2 aliphatic rings. The lowest BCUT2D eigenvalue weighted by molar-refractivity contribution is -0.123. The second kappa shape index (κ2) is 8.22. The van der Waals surface area contributed by atoms with Crippen LogP contribution in [0.5, 0.6) is 0 Å². The monoisotopic (exact) mass is 278 g/mol. The summed E-state index contributed by atoms with van der Waals surface area (Å²) in [7, 11) is 0. The smallest absolute Gasteiger partial charge is 0.238 e. The first-order valence-electron chi connectivity index (χ1n) is 6.48. The van der Waals surface area contributed by atoms with E-state index in [-0.39, 0.29) is 24.4 Å². The van der Waals surface area contributed by atoms with Crippen molar-refractivity contribution in [2.24, 2.45) is 0 Å². The Bertz CT molecular complexity index is 227. The molecule has 1 unspecified atom stereocenters. The molecule has 2 fully saturated rings. The summed E-state index contributed by atoms with van der Waals surface area (Å²) in [6, 6.07) is 0.482. The van der Waals surface area contributed by atoms with Gasteiger partial charge in [-0.15, -0.1) is 24.2 Å². The van der Waals surface area contributed by atoms with E-state index in [4.69, 9.17) is 0 Å². The molecule has 0 aromatic heterocycles. The van der Waals surface area contributed by atoms with E-state index in [9.17, 15) is 4.79 Å². The molecule has 1 amide bonds. The van der Waals surface area contributed by atoms with E-state index in [2.05, 4.69) is 10.6 Å². The van der Waals surface area contributed by atoms with Crippen LogP contribution in [-0.4, -0.2) is 29.6 Å². The zero-order valence-electron chi connectivity index (χ0n) is 10.2. The molecule has 1 aliphatic heterocycles. The first-order chi connectivity index (χ1) is 7.86. The van der Waals surface area contributed by atoms with E-state index in [1.165, 1.54) is 44.9 Å². The van der Waals surface area contributed by atoms with Crippen LogP contribution in [0.2, 0.25) is 0 Å². The summed E-state index contributed by atoms with van der Waals surface area (Å²) in [6.45, 7) is 0. The maximum Gasteiger partial charge on any atom is 0.238 e. The Hall–Kier alpha value is 0.0700. The number of carbonyl (C=O) groups is 1. The molecule has 1 saturated heterocycles. The van der Waals surface area contributed by atoms with Crippen molar-refractivity contribution < 1.29 is 4.79 Å². The molecule has 0 bridgehead atoms. The molecule has 0 aromatic rings. The lowest BCUT2D eigenvalue weighted by Crippen LogP contribution is -2.46. The van der Waals surface area contributed by atoms with Crippen LogP contribution < -0.4 is 10.6 Å². The quantitative estimate of drug-likeness (QED) is 0.814. The number of carbonyl (C=O) groups excluding carboxylic acids is 1. The average Bonchev–Trinajstić information content (AvgIpc) is 2.74. The first kappa shape index (κ1) is 15.1. The van der Waals surface area contributed by atoms with Gasteiger partial charge in [0, 0.05) is 17.7 Å². The van der Waals surface area contributed by atoms with Gasteiger partial charge < -0.3 is 5.32 Å². The highest BCUT2D eigenvalue weighted by molar-refractivity contribution is 7.99. The van der Waals surface area contributed by atoms with Crippen LogP contribution in [0.15, 0.2) is 0 Å². The Labute approximate surface area is 114 Å². The topological polar surface area (TPSA) is 41.1 Å². The van der Waals surface area contributed by atoms with E-state index in [0.29, 0.717) is 6.04 Å². The third kappa shape index (κ3) is 5.06. The van der Waals surface area contributed by atoms with E-state index in [1.54, 1.807) is 0 Å². The second-order valence-electron chi connectivity index (χ2n) is 4.82. The molecule has 1 atom stereocenters. The Morgan fingerprint density at radius 1 is 1.12 bits per heavy atom. The Morgan fingerprint density at radius 3 is 2.35 bits per heavy atom. The molecular weight excluding hydrogens is 256 g/mol. The molecule has 2 rings (SSSR count). The van der Waals surface area contributed by atoms with Crippen molar-refractivity contribution in [1.82, 2.24) is 10.6 Å². The maximum absolute atomic E-state index is 11.9. The molecule has 0 spiro atoms. The molecule has 1 saturated carbocycles. The Balaban J connectivity index is 0.00000144. The third-order valence-electron chi connectivity index (χ3n) is 3.48. The number of hydrogen-bond donors (Lipinski definition) is 2.